The fraction of sp³-hybridized carbons (Fsp3) is 0.120. The van der Waals surface area contributed by atoms with E-state index in [1.807, 2.05) is 56.3 Å². The number of benzene rings is 3. The van der Waals surface area contributed by atoms with Gasteiger partial charge in [0.25, 0.3) is 5.82 Å². The maximum absolute atomic E-state index is 12.7. The van der Waals surface area contributed by atoms with Crippen molar-refractivity contribution in [2.75, 3.05) is 6.61 Å². The predicted octanol–water partition coefficient (Wildman–Crippen LogP) is 5.24. The van der Waals surface area contributed by atoms with Crippen LogP contribution in [0.2, 0.25) is 5.02 Å². The zero-order chi connectivity index (χ0) is 22.7. The third kappa shape index (κ3) is 4.45. The molecule has 0 bridgehead atoms. The Hall–Kier alpha value is -3.77. The third-order valence-corrected chi connectivity index (χ3v) is 5.37. The van der Waals surface area contributed by atoms with Crippen molar-refractivity contribution in [1.29, 1.82) is 0 Å². The molecule has 0 atom stereocenters. The van der Waals surface area contributed by atoms with Crippen molar-refractivity contribution in [3.8, 4) is 17.1 Å². The number of hydrogen-bond acceptors (Lipinski definition) is 5. The quantitative estimate of drug-likeness (QED) is 0.299. The highest BCUT2D eigenvalue weighted by atomic mass is 35.5. The van der Waals surface area contributed by atoms with Crippen molar-refractivity contribution in [2.24, 2.45) is 0 Å². The molecule has 32 heavy (non-hydrogen) atoms. The number of aryl methyl sites for hydroxylation is 1. The average Bonchev–Trinajstić information content (AvgIpc) is 3.25. The first kappa shape index (κ1) is 21.5. The van der Waals surface area contributed by atoms with Crippen LogP contribution in [0.5, 0.6) is 0 Å². The SMILES string of the molecule is Cc1cccc(-c2nc(C(=O)OCC(=O)c3ccccc3)nn2-c2cccc(Cl)c2C)c1. The fourth-order valence-corrected chi connectivity index (χ4v) is 3.44. The zero-order valence-corrected chi connectivity index (χ0v) is 18.3. The van der Waals surface area contributed by atoms with Gasteiger partial charge < -0.3 is 4.74 Å². The molecule has 3 aromatic carbocycles. The standard InChI is InChI=1S/C25H20ClN3O3/c1-16-8-6-11-19(14-16)24-27-23(28-29(24)21-13-7-12-20(26)17(21)2)25(31)32-15-22(30)18-9-4-3-5-10-18/h3-14H,15H2,1-2H3. The van der Waals surface area contributed by atoms with Crippen molar-refractivity contribution in [2.45, 2.75) is 13.8 Å². The Morgan fingerprint density at radius 2 is 1.72 bits per heavy atom. The summed E-state index contributed by atoms with van der Waals surface area (Å²) in [5.74, 6) is -0.744. The van der Waals surface area contributed by atoms with Gasteiger partial charge in [-0.05, 0) is 37.6 Å². The van der Waals surface area contributed by atoms with Gasteiger partial charge in [-0.2, -0.15) is 0 Å². The van der Waals surface area contributed by atoms with E-state index in [-0.39, 0.29) is 11.6 Å². The average molecular weight is 446 g/mol. The Balaban J connectivity index is 1.68. The summed E-state index contributed by atoms with van der Waals surface area (Å²) in [6, 6.07) is 21.8. The van der Waals surface area contributed by atoms with Gasteiger partial charge in [0.05, 0.1) is 5.69 Å². The van der Waals surface area contributed by atoms with Gasteiger partial charge in [0.15, 0.2) is 18.2 Å². The van der Waals surface area contributed by atoms with Crippen LogP contribution in [0, 0.1) is 13.8 Å². The summed E-state index contributed by atoms with van der Waals surface area (Å²) in [7, 11) is 0. The molecule has 4 aromatic rings. The lowest BCUT2D eigenvalue weighted by Gasteiger charge is -2.10. The Labute approximate surface area is 190 Å². The van der Waals surface area contributed by atoms with Gasteiger partial charge >= 0.3 is 5.97 Å². The normalized spacial score (nSPS) is 10.7. The molecule has 0 saturated heterocycles. The van der Waals surface area contributed by atoms with Gasteiger partial charge in [0.2, 0.25) is 0 Å². The summed E-state index contributed by atoms with van der Waals surface area (Å²) < 4.78 is 6.78. The van der Waals surface area contributed by atoms with Crippen LogP contribution in [0.25, 0.3) is 17.1 Å². The lowest BCUT2D eigenvalue weighted by atomic mass is 10.1. The highest BCUT2D eigenvalue weighted by molar-refractivity contribution is 6.31. The lowest BCUT2D eigenvalue weighted by Crippen LogP contribution is -2.15. The maximum atomic E-state index is 12.7. The van der Waals surface area contributed by atoms with Crippen molar-refractivity contribution >= 4 is 23.4 Å². The number of nitrogens with zero attached hydrogens (tertiary/aromatic N) is 3. The molecule has 0 aliphatic carbocycles. The predicted molar refractivity (Wildman–Crippen MR) is 122 cm³/mol. The van der Waals surface area contributed by atoms with Crippen LogP contribution in [-0.2, 0) is 4.74 Å². The largest absolute Gasteiger partial charge is 0.451 e. The molecule has 0 radical (unpaired) electrons. The second-order valence-electron chi connectivity index (χ2n) is 7.29. The number of halogens is 1. The van der Waals surface area contributed by atoms with Crippen molar-refractivity contribution < 1.29 is 14.3 Å². The molecule has 1 heterocycles. The molecule has 0 N–H and O–H groups in total. The molecular formula is C25H20ClN3O3. The maximum Gasteiger partial charge on any atom is 0.378 e. The molecule has 0 amide bonds. The van der Waals surface area contributed by atoms with Crippen molar-refractivity contribution in [3.63, 3.8) is 0 Å². The van der Waals surface area contributed by atoms with Gasteiger partial charge in [-0.3, -0.25) is 4.79 Å². The smallest absolute Gasteiger partial charge is 0.378 e. The Bertz CT molecular complexity index is 1300. The van der Waals surface area contributed by atoms with Crippen LogP contribution < -0.4 is 0 Å². The summed E-state index contributed by atoms with van der Waals surface area (Å²) in [6.45, 7) is 3.45. The minimum atomic E-state index is -0.776. The number of hydrogen-bond donors (Lipinski definition) is 0. The molecule has 0 saturated carbocycles. The summed E-state index contributed by atoms with van der Waals surface area (Å²) >= 11 is 6.31. The molecule has 0 aliphatic rings. The molecule has 160 valence electrons. The number of Topliss-reactive ketones (excluding diaryl/α,β-unsaturated/α-hetero) is 1. The van der Waals surface area contributed by atoms with E-state index >= 15 is 0 Å². The van der Waals surface area contributed by atoms with Crippen LogP contribution in [0.15, 0.2) is 72.8 Å². The Morgan fingerprint density at radius 1 is 0.969 bits per heavy atom. The number of aromatic nitrogens is 3. The number of ketones is 1. The number of rotatable bonds is 6. The summed E-state index contributed by atoms with van der Waals surface area (Å²) in [6.07, 6.45) is 0. The summed E-state index contributed by atoms with van der Waals surface area (Å²) in [5.41, 5.74) is 3.79. The molecule has 1 aromatic heterocycles. The molecule has 0 spiro atoms. The van der Waals surface area contributed by atoms with Crippen LogP contribution >= 0.6 is 11.6 Å². The van der Waals surface area contributed by atoms with Gasteiger partial charge in [-0.1, -0.05) is 71.8 Å². The Morgan fingerprint density at radius 3 is 2.47 bits per heavy atom. The van der Waals surface area contributed by atoms with E-state index < -0.39 is 12.6 Å². The van der Waals surface area contributed by atoms with Gasteiger partial charge in [-0.25, -0.2) is 14.5 Å². The second-order valence-corrected chi connectivity index (χ2v) is 7.70. The first-order chi connectivity index (χ1) is 15.4. The molecule has 7 heteroatoms. The van der Waals surface area contributed by atoms with E-state index in [1.54, 1.807) is 35.0 Å². The molecule has 0 aliphatic heterocycles. The molecular weight excluding hydrogens is 426 g/mol. The molecule has 4 rings (SSSR count). The van der Waals surface area contributed by atoms with E-state index in [0.29, 0.717) is 22.1 Å². The highest BCUT2D eigenvalue weighted by Gasteiger charge is 2.22. The van der Waals surface area contributed by atoms with Crippen LogP contribution in [-0.4, -0.2) is 33.1 Å². The number of esters is 1. The van der Waals surface area contributed by atoms with Crippen LogP contribution in [0.1, 0.15) is 32.1 Å². The van der Waals surface area contributed by atoms with E-state index in [9.17, 15) is 9.59 Å². The topological polar surface area (TPSA) is 74.1 Å². The van der Waals surface area contributed by atoms with Crippen LogP contribution in [0.4, 0.5) is 0 Å². The monoisotopic (exact) mass is 445 g/mol. The zero-order valence-electron chi connectivity index (χ0n) is 17.6. The third-order valence-electron chi connectivity index (χ3n) is 4.96. The minimum Gasteiger partial charge on any atom is -0.451 e. The van der Waals surface area contributed by atoms with E-state index in [1.165, 1.54) is 0 Å². The number of ether oxygens (including phenoxy) is 1. The minimum absolute atomic E-state index is 0.137. The van der Waals surface area contributed by atoms with Crippen LogP contribution in [0.3, 0.4) is 0 Å². The van der Waals surface area contributed by atoms with E-state index in [4.69, 9.17) is 16.3 Å². The summed E-state index contributed by atoms with van der Waals surface area (Å²) in [5, 5.41) is 4.97. The van der Waals surface area contributed by atoms with E-state index in [0.717, 1.165) is 16.7 Å². The van der Waals surface area contributed by atoms with Gasteiger partial charge in [0.1, 0.15) is 0 Å². The lowest BCUT2D eigenvalue weighted by molar-refractivity contribution is 0.0462. The first-order valence-electron chi connectivity index (χ1n) is 9.99. The van der Waals surface area contributed by atoms with Gasteiger partial charge in [-0.15, -0.1) is 5.10 Å². The molecule has 0 unspecified atom stereocenters. The Kier molecular flexibility index (Phi) is 6.14. The number of carbonyl (C=O) groups excluding carboxylic acids is 2. The van der Waals surface area contributed by atoms with Crippen molar-refractivity contribution in [3.05, 3.63) is 100 Å². The first-order valence-corrected chi connectivity index (χ1v) is 10.4. The molecule has 6 nitrogen and oxygen atoms in total. The fourth-order valence-electron chi connectivity index (χ4n) is 3.27. The van der Waals surface area contributed by atoms with Crippen molar-refractivity contribution in [1.82, 2.24) is 14.8 Å². The highest BCUT2D eigenvalue weighted by Crippen LogP contribution is 2.27. The second kappa shape index (κ2) is 9.16. The summed E-state index contributed by atoms with van der Waals surface area (Å²) in [4.78, 5) is 29.4. The van der Waals surface area contributed by atoms with Gasteiger partial charge in [0, 0.05) is 16.1 Å². The van der Waals surface area contributed by atoms with E-state index in [2.05, 4.69) is 10.1 Å². The number of carbonyl (C=O) groups is 2. The molecule has 0 fully saturated rings.